The lowest BCUT2D eigenvalue weighted by Gasteiger charge is -2.22. The van der Waals surface area contributed by atoms with Crippen molar-refractivity contribution in [3.63, 3.8) is 0 Å². The molecule has 25 heavy (non-hydrogen) atoms. The van der Waals surface area contributed by atoms with Gasteiger partial charge < -0.3 is 25.8 Å². The molecule has 0 aromatic heterocycles. The number of carbonyl (C=O) groups is 2. The predicted octanol–water partition coefficient (Wildman–Crippen LogP) is 1.44. The van der Waals surface area contributed by atoms with Crippen LogP contribution in [0.1, 0.15) is 23.7 Å². The summed E-state index contributed by atoms with van der Waals surface area (Å²) in [6.07, 6.45) is 0.882. The molecule has 7 nitrogen and oxygen atoms in total. The number of rotatable bonds is 6. The van der Waals surface area contributed by atoms with Gasteiger partial charge in [-0.2, -0.15) is 0 Å². The third-order valence-corrected chi connectivity index (χ3v) is 4.37. The maximum absolute atomic E-state index is 12.8. The molecular weight excluding hydrogens is 369 g/mol. The number of halogens is 2. The molecule has 1 heterocycles. The Hall–Kier alpha value is -1.70. The molecule has 1 fully saturated rings. The second-order valence-corrected chi connectivity index (χ2v) is 6.30. The number of carbonyl (C=O) groups excluding carboxylic acids is 2. The van der Waals surface area contributed by atoms with Gasteiger partial charge in [0.25, 0.3) is 11.8 Å². The molecule has 9 heteroatoms. The molecule has 140 valence electrons. The van der Waals surface area contributed by atoms with Crippen molar-refractivity contribution in [1.29, 1.82) is 0 Å². The van der Waals surface area contributed by atoms with Crippen LogP contribution in [0.5, 0.6) is 11.5 Å². The van der Waals surface area contributed by atoms with Gasteiger partial charge in [-0.25, -0.2) is 0 Å². The molecule has 2 amide bonds. The number of benzene rings is 1. The Morgan fingerprint density at radius 1 is 1.40 bits per heavy atom. The van der Waals surface area contributed by atoms with Crippen LogP contribution in [0, 0.1) is 5.92 Å². The molecule has 4 N–H and O–H groups in total. The van der Waals surface area contributed by atoms with E-state index in [0.29, 0.717) is 24.6 Å². The van der Waals surface area contributed by atoms with Gasteiger partial charge in [-0.15, -0.1) is 12.4 Å². The number of nitrogens with two attached hydrogens (primary N) is 2. The quantitative estimate of drug-likeness (QED) is 0.762. The van der Waals surface area contributed by atoms with Crippen molar-refractivity contribution >= 4 is 35.8 Å². The van der Waals surface area contributed by atoms with Gasteiger partial charge in [0, 0.05) is 18.2 Å². The fourth-order valence-corrected chi connectivity index (χ4v) is 3.15. The molecule has 2 rings (SSSR count). The largest absolute Gasteiger partial charge is 0.493 e. The lowest BCUT2D eigenvalue weighted by molar-refractivity contribution is -0.119. The predicted molar refractivity (Wildman–Crippen MR) is 97.6 cm³/mol. The van der Waals surface area contributed by atoms with E-state index in [2.05, 4.69) is 0 Å². The summed E-state index contributed by atoms with van der Waals surface area (Å²) >= 11 is 6.19. The molecule has 2 unspecified atom stereocenters. The SMILES string of the molecule is COc1cc(C(=O)N2CC(CN)CC2C)cc(Cl)c1OCC(N)=O.Cl. The number of amides is 2. The van der Waals surface area contributed by atoms with Crippen LogP contribution in [-0.4, -0.2) is 49.6 Å². The van der Waals surface area contributed by atoms with Crippen molar-refractivity contribution in [2.45, 2.75) is 19.4 Å². The van der Waals surface area contributed by atoms with Gasteiger partial charge in [0.05, 0.1) is 12.1 Å². The third-order valence-electron chi connectivity index (χ3n) is 4.09. The molecule has 1 aliphatic heterocycles. The average Bonchev–Trinajstić information content (AvgIpc) is 2.93. The number of hydrogen-bond acceptors (Lipinski definition) is 5. The van der Waals surface area contributed by atoms with Crippen LogP contribution in [0.25, 0.3) is 0 Å². The molecule has 1 aromatic rings. The first-order valence-electron chi connectivity index (χ1n) is 7.67. The Balaban J connectivity index is 0.00000312. The smallest absolute Gasteiger partial charge is 0.255 e. The van der Waals surface area contributed by atoms with Gasteiger partial charge in [-0.3, -0.25) is 9.59 Å². The van der Waals surface area contributed by atoms with Gasteiger partial charge in [0.2, 0.25) is 0 Å². The minimum Gasteiger partial charge on any atom is -0.493 e. The molecular formula is C16H23Cl2N3O4. The topological polar surface area (TPSA) is 108 Å². The first-order valence-corrected chi connectivity index (χ1v) is 8.04. The van der Waals surface area contributed by atoms with Gasteiger partial charge in [0.15, 0.2) is 18.1 Å². The first-order chi connectivity index (χ1) is 11.4. The van der Waals surface area contributed by atoms with Crippen molar-refractivity contribution in [1.82, 2.24) is 4.90 Å². The van der Waals surface area contributed by atoms with Gasteiger partial charge in [0.1, 0.15) is 0 Å². The van der Waals surface area contributed by atoms with Crippen molar-refractivity contribution in [2.24, 2.45) is 17.4 Å². The molecule has 2 atom stereocenters. The van der Waals surface area contributed by atoms with Crippen LogP contribution >= 0.6 is 24.0 Å². The highest BCUT2D eigenvalue weighted by Gasteiger charge is 2.32. The zero-order valence-corrected chi connectivity index (χ0v) is 15.7. The molecule has 0 aliphatic carbocycles. The van der Waals surface area contributed by atoms with Crippen LogP contribution in [0.3, 0.4) is 0 Å². The fourth-order valence-electron chi connectivity index (χ4n) is 2.89. The van der Waals surface area contributed by atoms with E-state index >= 15 is 0 Å². The minimum atomic E-state index is -0.632. The zero-order valence-electron chi connectivity index (χ0n) is 14.2. The standard InChI is InChI=1S/C16H22ClN3O4.ClH/c1-9-3-10(6-18)7-20(9)16(22)11-4-12(17)15(13(5-11)23-2)24-8-14(19)21;/h4-5,9-10H,3,6-8,18H2,1-2H3,(H2,19,21);1H. The summed E-state index contributed by atoms with van der Waals surface area (Å²) in [4.78, 5) is 25.4. The summed E-state index contributed by atoms with van der Waals surface area (Å²) in [7, 11) is 1.43. The lowest BCUT2D eigenvalue weighted by Crippen LogP contribution is -2.34. The van der Waals surface area contributed by atoms with Gasteiger partial charge >= 0.3 is 0 Å². The maximum atomic E-state index is 12.8. The van der Waals surface area contributed by atoms with E-state index in [1.54, 1.807) is 11.0 Å². The summed E-state index contributed by atoms with van der Waals surface area (Å²) in [6, 6.07) is 3.17. The molecule has 0 saturated carbocycles. The average molecular weight is 392 g/mol. The van der Waals surface area contributed by atoms with Crippen molar-refractivity contribution in [3.05, 3.63) is 22.7 Å². The van der Waals surface area contributed by atoms with Crippen LogP contribution in [-0.2, 0) is 4.79 Å². The molecule has 1 saturated heterocycles. The Kier molecular flexibility index (Phi) is 7.79. The number of primary amides is 1. The molecule has 1 aliphatic rings. The zero-order chi connectivity index (χ0) is 17.9. The second-order valence-electron chi connectivity index (χ2n) is 5.89. The molecule has 1 aromatic carbocycles. The van der Waals surface area contributed by atoms with Crippen LogP contribution in [0.4, 0.5) is 0 Å². The Morgan fingerprint density at radius 3 is 2.60 bits per heavy atom. The summed E-state index contributed by atoms with van der Waals surface area (Å²) in [6.45, 7) is 2.84. The first kappa shape index (κ1) is 21.3. The van der Waals surface area contributed by atoms with Crippen molar-refractivity contribution < 1.29 is 19.1 Å². The van der Waals surface area contributed by atoms with Crippen LogP contribution < -0.4 is 20.9 Å². The van der Waals surface area contributed by atoms with E-state index in [-0.39, 0.29) is 47.5 Å². The number of likely N-dealkylation sites (tertiary alicyclic amines) is 1. The maximum Gasteiger partial charge on any atom is 0.255 e. The van der Waals surface area contributed by atoms with Crippen LogP contribution in [0.15, 0.2) is 12.1 Å². The molecule has 0 radical (unpaired) electrons. The third kappa shape index (κ3) is 4.90. The minimum absolute atomic E-state index is 0. The Labute approximate surface area is 158 Å². The second kappa shape index (κ2) is 9.12. The van der Waals surface area contributed by atoms with E-state index in [9.17, 15) is 9.59 Å². The summed E-state index contributed by atoms with van der Waals surface area (Å²) in [5, 5.41) is 0.182. The molecule has 0 spiro atoms. The monoisotopic (exact) mass is 391 g/mol. The van der Waals surface area contributed by atoms with E-state index in [1.165, 1.54) is 13.2 Å². The highest BCUT2D eigenvalue weighted by molar-refractivity contribution is 6.32. The Bertz CT molecular complexity index is 642. The lowest BCUT2D eigenvalue weighted by atomic mass is 10.1. The normalized spacial score (nSPS) is 19.3. The van der Waals surface area contributed by atoms with Crippen LogP contribution in [0.2, 0.25) is 5.02 Å². The fraction of sp³-hybridized carbons (Fsp3) is 0.500. The van der Waals surface area contributed by atoms with Gasteiger partial charge in [-0.05, 0) is 37.9 Å². The molecule has 0 bridgehead atoms. The van der Waals surface area contributed by atoms with Crippen molar-refractivity contribution in [2.75, 3.05) is 26.8 Å². The number of ether oxygens (including phenoxy) is 2. The summed E-state index contributed by atoms with van der Waals surface area (Å²) < 4.78 is 10.5. The van der Waals surface area contributed by atoms with E-state index in [4.69, 9.17) is 32.5 Å². The van der Waals surface area contributed by atoms with E-state index in [1.807, 2.05) is 6.92 Å². The number of hydrogen-bond donors (Lipinski definition) is 2. The summed E-state index contributed by atoms with van der Waals surface area (Å²) in [5.41, 5.74) is 11.2. The van der Waals surface area contributed by atoms with Crippen molar-refractivity contribution in [3.8, 4) is 11.5 Å². The van der Waals surface area contributed by atoms with E-state index in [0.717, 1.165) is 6.42 Å². The Morgan fingerprint density at radius 2 is 2.08 bits per heavy atom. The number of methoxy groups -OCH3 is 1. The highest BCUT2D eigenvalue weighted by atomic mass is 35.5. The highest BCUT2D eigenvalue weighted by Crippen LogP contribution is 2.37. The number of nitrogens with zero attached hydrogens (tertiary/aromatic N) is 1. The van der Waals surface area contributed by atoms with Gasteiger partial charge in [-0.1, -0.05) is 11.6 Å². The summed E-state index contributed by atoms with van der Waals surface area (Å²) in [5.74, 6) is -0.00951. The van der Waals surface area contributed by atoms with E-state index < -0.39 is 5.91 Å².